The third kappa shape index (κ3) is 4.71. The number of aromatic nitrogens is 2. The molecule has 1 aliphatic carbocycles. The number of nitrogens with one attached hydrogen (secondary N) is 2. The van der Waals surface area contributed by atoms with E-state index in [2.05, 4.69) is 20.8 Å². The van der Waals surface area contributed by atoms with Crippen molar-refractivity contribution in [2.24, 2.45) is 0 Å². The summed E-state index contributed by atoms with van der Waals surface area (Å²) >= 11 is 4.33. The van der Waals surface area contributed by atoms with Crippen molar-refractivity contribution in [2.45, 2.75) is 27.6 Å². The van der Waals surface area contributed by atoms with E-state index in [9.17, 15) is 9.59 Å². The Hall–Kier alpha value is -1.58. The molecule has 0 spiro atoms. The third-order valence-corrected chi connectivity index (χ3v) is 6.28. The first-order valence-corrected chi connectivity index (χ1v) is 10.4. The summed E-state index contributed by atoms with van der Waals surface area (Å²) in [6, 6.07) is 7.32. The van der Waals surface area contributed by atoms with Gasteiger partial charge in [-0.1, -0.05) is 47.0 Å². The van der Waals surface area contributed by atoms with Gasteiger partial charge in [0, 0.05) is 6.04 Å². The lowest BCUT2D eigenvalue weighted by Crippen LogP contribution is -2.27. The second-order valence-electron chi connectivity index (χ2n) is 5.17. The predicted molar refractivity (Wildman–Crippen MR) is 98.0 cm³/mol. The molecule has 6 nitrogen and oxygen atoms in total. The van der Waals surface area contributed by atoms with Gasteiger partial charge in [0.15, 0.2) is 8.68 Å². The fourth-order valence-corrected chi connectivity index (χ4v) is 4.17. The monoisotopic (exact) mass is 380 g/mol. The summed E-state index contributed by atoms with van der Waals surface area (Å²) in [5, 5.41) is 13.8. The van der Waals surface area contributed by atoms with E-state index in [1.807, 2.05) is 6.26 Å². The van der Waals surface area contributed by atoms with Gasteiger partial charge in [-0.3, -0.25) is 9.59 Å². The molecule has 3 rings (SSSR count). The smallest absolute Gasteiger partial charge is 0.253 e. The SMILES string of the molecule is CSc1nnc(SCC(=O)Nc2ccccc2C(=O)NC2CC2)s1. The van der Waals surface area contributed by atoms with Crippen molar-refractivity contribution in [3.63, 3.8) is 0 Å². The zero-order chi connectivity index (χ0) is 16.9. The lowest BCUT2D eigenvalue weighted by Gasteiger charge is -2.10. The highest BCUT2D eigenvalue weighted by Crippen LogP contribution is 2.27. The van der Waals surface area contributed by atoms with E-state index in [-0.39, 0.29) is 23.6 Å². The van der Waals surface area contributed by atoms with Crippen molar-refractivity contribution in [2.75, 3.05) is 17.3 Å². The van der Waals surface area contributed by atoms with Crippen LogP contribution in [0.3, 0.4) is 0 Å². The molecule has 9 heteroatoms. The number of thioether (sulfide) groups is 2. The van der Waals surface area contributed by atoms with Gasteiger partial charge in [0.1, 0.15) is 0 Å². The van der Waals surface area contributed by atoms with E-state index < -0.39 is 0 Å². The number of carbonyl (C=O) groups excluding carboxylic acids is 2. The van der Waals surface area contributed by atoms with Crippen molar-refractivity contribution in [1.29, 1.82) is 0 Å². The van der Waals surface area contributed by atoms with Crippen molar-refractivity contribution in [3.8, 4) is 0 Å². The molecule has 1 fully saturated rings. The first-order chi connectivity index (χ1) is 11.7. The molecule has 0 unspecified atom stereocenters. The first kappa shape index (κ1) is 17.2. The van der Waals surface area contributed by atoms with Crippen LogP contribution >= 0.6 is 34.9 Å². The molecule has 2 N–H and O–H groups in total. The van der Waals surface area contributed by atoms with Gasteiger partial charge in [-0.05, 0) is 31.2 Å². The fourth-order valence-electron chi connectivity index (χ4n) is 1.93. The minimum absolute atomic E-state index is 0.144. The second kappa shape index (κ2) is 8.00. The van der Waals surface area contributed by atoms with Gasteiger partial charge in [0.05, 0.1) is 17.0 Å². The van der Waals surface area contributed by atoms with E-state index in [1.54, 1.807) is 24.3 Å². The number of anilines is 1. The molecule has 2 aromatic rings. The normalized spacial score (nSPS) is 13.5. The van der Waals surface area contributed by atoms with Gasteiger partial charge in [-0.15, -0.1) is 10.2 Å². The van der Waals surface area contributed by atoms with Gasteiger partial charge in [-0.2, -0.15) is 0 Å². The molecule has 0 saturated heterocycles. The van der Waals surface area contributed by atoms with E-state index in [4.69, 9.17) is 0 Å². The summed E-state index contributed by atoms with van der Waals surface area (Å²) in [5.74, 6) is -0.0935. The summed E-state index contributed by atoms with van der Waals surface area (Å²) in [6.45, 7) is 0. The molecule has 0 aliphatic heterocycles. The van der Waals surface area contributed by atoms with Crippen molar-refractivity contribution >= 4 is 52.4 Å². The van der Waals surface area contributed by atoms with Gasteiger partial charge in [-0.25, -0.2) is 0 Å². The molecule has 2 amide bonds. The van der Waals surface area contributed by atoms with Crippen LogP contribution in [0.25, 0.3) is 0 Å². The van der Waals surface area contributed by atoms with Gasteiger partial charge in [0.25, 0.3) is 5.91 Å². The number of benzene rings is 1. The van der Waals surface area contributed by atoms with Crippen LogP contribution in [0.15, 0.2) is 32.9 Å². The van der Waals surface area contributed by atoms with Crippen molar-refractivity contribution in [3.05, 3.63) is 29.8 Å². The zero-order valence-electron chi connectivity index (χ0n) is 12.9. The van der Waals surface area contributed by atoms with Gasteiger partial charge >= 0.3 is 0 Å². The summed E-state index contributed by atoms with van der Waals surface area (Å²) in [5.41, 5.74) is 1.02. The van der Waals surface area contributed by atoms with Crippen LogP contribution in [-0.4, -0.2) is 40.1 Å². The molecule has 0 radical (unpaired) electrons. The first-order valence-electron chi connectivity index (χ1n) is 7.35. The van der Waals surface area contributed by atoms with Crippen LogP contribution < -0.4 is 10.6 Å². The van der Waals surface area contributed by atoms with Gasteiger partial charge < -0.3 is 10.6 Å². The minimum atomic E-state index is -0.174. The Morgan fingerprint density at radius 3 is 2.71 bits per heavy atom. The number of carbonyl (C=O) groups is 2. The number of hydrogen-bond donors (Lipinski definition) is 2. The van der Waals surface area contributed by atoms with Gasteiger partial charge in [0.2, 0.25) is 5.91 Å². The molecule has 1 aromatic carbocycles. The maximum Gasteiger partial charge on any atom is 0.253 e. The topological polar surface area (TPSA) is 84.0 Å². The molecule has 0 bridgehead atoms. The average molecular weight is 381 g/mol. The number of para-hydroxylation sites is 1. The van der Waals surface area contributed by atoms with E-state index in [0.717, 1.165) is 21.5 Å². The van der Waals surface area contributed by atoms with Crippen molar-refractivity contribution < 1.29 is 9.59 Å². The van der Waals surface area contributed by atoms with Crippen LogP contribution in [0.2, 0.25) is 0 Å². The van der Waals surface area contributed by atoms with Crippen LogP contribution in [0, 0.1) is 0 Å². The predicted octanol–water partition coefficient (Wildman–Crippen LogP) is 2.88. The number of hydrogen-bond acceptors (Lipinski definition) is 7. The largest absolute Gasteiger partial charge is 0.349 e. The summed E-state index contributed by atoms with van der Waals surface area (Å²) in [7, 11) is 0. The summed E-state index contributed by atoms with van der Waals surface area (Å²) in [4.78, 5) is 24.4. The standard InChI is InChI=1S/C15H16N4O2S3/c1-22-14-18-19-15(24-14)23-8-12(20)17-11-5-3-2-4-10(11)13(21)16-9-6-7-9/h2-5,9H,6-8H2,1H3,(H,16,21)(H,17,20). The highest BCUT2D eigenvalue weighted by molar-refractivity contribution is 8.03. The number of amides is 2. The summed E-state index contributed by atoms with van der Waals surface area (Å²) < 4.78 is 1.63. The Labute approximate surface area is 152 Å². The Morgan fingerprint density at radius 2 is 2.00 bits per heavy atom. The van der Waals surface area contributed by atoms with E-state index in [0.29, 0.717) is 11.3 Å². The average Bonchev–Trinajstić information content (AvgIpc) is 3.27. The van der Waals surface area contributed by atoms with E-state index in [1.165, 1.54) is 34.9 Å². The lowest BCUT2D eigenvalue weighted by molar-refractivity contribution is -0.113. The summed E-state index contributed by atoms with van der Waals surface area (Å²) in [6.07, 6.45) is 3.98. The molecule has 1 heterocycles. The van der Waals surface area contributed by atoms with Crippen LogP contribution in [0.5, 0.6) is 0 Å². The minimum Gasteiger partial charge on any atom is -0.349 e. The molecule has 126 valence electrons. The highest BCUT2D eigenvalue weighted by atomic mass is 32.2. The Bertz CT molecular complexity index is 746. The Kier molecular flexibility index (Phi) is 5.75. The number of nitrogens with zero attached hydrogens (tertiary/aromatic N) is 2. The lowest BCUT2D eigenvalue weighted by atomic mass is 10.1. The van der Waals surface area contributed by atoms with E-state index >= 15 is 0 Å². The molecular formula is C15H16N4O2S3. The van der Waals surface area contributed by atoms with Crippen molar-refractivity contribution in [1.82, 2.24) is 15.5 Å². The second-order valence-corrected chi connectivity index (χ2v) is 8.42. The van der Waals surface area contributed by atoms with Crippen LogP contribution in [0.1, 0.15) is 23.2 Å². The quantitative estimate of drug-likeness (QED) is 0.719. The number of rotatable bonds is 7. The molecule has 0 atom stereocenters. The molecule has 24 heavy (non-hydrogen) atoms. The fraction of sp³-hybridized carbons (Fsp3) is 0.333. The highest BCUT2D eigenvalue weighted by Gasteiger charge is 2.25. The maximum absolute atomic E-state index is 12.2. The molecular weight excluding hydrogens is 364 g/mol. The Morgan fingerprint density at radius 1 is 1.25 bits per heavy atom. The molecule has 1 aliphatic rings. The maximum atomic E-state index is 12.2. The van der Waals surface area contributed by atoms with Crippen LogP contribution in [-0.2, 0) is 4.79 Å². The van der Waals surface area contributed by atoms with Crippen LogP contribution in [0.4, 0.5) is 5.69 Å². The molecule has 1 aromatic heterocycles. The molecule has 1 saturated carbocycles. The third-order valence-electron chi connectivity index (χ3n) is 3.25. The zero-order valence-corrected chi connectivity index (χ0v) is 15.4. The Balaban J connectivity index is 1.58.